The third kappa shape index (κ3) is 1.86. The summed E-state index contributed by atoms with van der Waals surface area (Å²) in [5.41, 5.74) is 0. The fourth-order valence-electron chi connectivity index (χ4n) is 2.27. The molecule has 0 bridgehead atoms. The molecule has 88 valence electrons. The van der Waals surface area contributed by atoms with Crippen molar-refractivity contribution in [2.45, 2.75) is 12.3 Å². The lowest BCUT2D eigenvalue weighted by atomic mass is 10.1. The summed E-state index contributed by atoms with van der Waals surface area (Å²) < 4.78 is 1.99. The van der Waals surface area contributed by atoms with Gasteiger partial charge in [0.15, 0.2) is 0 Å². The number of aromatic nitrogens is 5. The first kappa shape index (κ1) is 10.2. The van der Waals surface area contributed by atoms with Gasteiger partial charge in [-0.05, 0) is 12.5 Å². The maximum Gasteiger partial charge on any atom is 0.225 e. The number of nitrogens with zero attached hydrogens (tertiary/aromatic N) is 6. The number of hydrogen-bond donors (Lipinski definition) is 0. The second kappa shape index (κ2) is 4.12. The Kier molecular flexibility index (Phi) is 2.47. The Labute approximate surface area is 99.3 Å². The molecule has 2 aromatic rings. The van der Waals surface area contributed by atoms with E-state index in [0.717, 1.165) is 31.3 Å². The van der Waals surface area contributed by atoms with E-state index in [-0.39, 0.29) is 0 Å². The molecule has 3 heterocycles. The molecule has 0 aliphatic carbocycles. The molecule has 0 N–H and O–H groups in total. The first-order valence-corrected chi connectivity index (χ1v) is 5.70. The van der Waals surface area contributed by atoms with Crippen molar-refractivity contribution < 1.29 is 0 Å². The molecule has 2 aromatic heterocycles. The molecule has 0 saturated carbocycles. The van der Waals surface area contributed by atoms with Gasteiger partial charge in [-0.2, -0.15) is 0 Å². The summed E-state index contributed by atoms with van der Waals surface area (Å²) in [7, 11) is 1.98. The second-order valence-electron chi connectivity index (χ2n) is 4.28. The molecule has 0 amide bonds. The average Bonchev–Trinajstić information content (AvgIpc) is 2.98. The predicted octanol–water partition coefficient (Wildman–Crippen LogP) is 0.599. The Hall–Kier alpha value is -1.98. The monoisotopic (exact) mass is 230 g/mol. The molecule has 1 saturated heterocycles. The van der Waals surface area contributed by atoms with E-state index >= 15 is 0 Å². The molecule has 0 aromatic carbocycles. The smallest absolute Gasteiger partial charge is 0.225 e. The Morgan fingerprint density at radius 3 is 2.82 bits per heavy atom. The quantitative estimate of drug-likeness (QED) is 0.756. The Morgan fingerprint density at radius 1 is 1.29 bits per heavy atom. The maximum absolute atomic E-state index is 4.27. The van der Waals surface area contributed by atoms with Crippen LogP contribution in [0.4, 0.5) is 5.95 Å². The minimum absolute atomic E-state index is 0.423. The van der Waals surface area contributed by atoms with Crippen molar-refractivity contribution in [3.8, 4) is 0 Å². The molecule has 1 atom stereocenters. The summed E-state index contributed by atoms with van der Waals surface area (Å²) in [5.74, 6) is 2.27. The summed E-state index contributed by atoms with van der Waals surface area (Å²) in [6, 6.07) is 1.83. The predicted molar refractivity (Wildman–Crippen MR) is 62.6 cm³/mol. The van der Waals surface area contributed by atoms with Crippen molar-refractivity contribution in [3.63, 3.8) is 0 Å². The summed E-state index contributed by atoms with van der Waals surface area (Å²) >= 11 is 0. The van der Waals surface area contributed by atoms with E-state index in [9.17, 15) is 0 Å². The highest BCUT2D eigenvalue weighted by atomic mass is 15.3. The summed E-state index contributed by atoms with van der Waals surface area (Å²) in [5, 5.41) is 8.10. The number of aryl methyl sites for hydroxylation is 1. The van der Waals surface area contributed by atoms with Gasteiger partial charge >= 0.3 is 0 Å². The molecule has 0 spiro atoms. The fourth-order valence-corrected chi connectivity index (χ4v) is 2.27. The fraction of sp³-hybridized carbons (Fsp3) is 0.455. The van der Waals surface area contributed by atoms with Gasteiger partial charge in [-0.3, -0.25) is 0 Å². The van der Waals surface area contributed by atoms with Gasteiger partial charge in [-0.25, -0.2) is 9.97 Å². The van der Waals surface area contributed by atoms with Gasteiger partial charge in [0, 0.05) is 38.4 Å². The highest BCUT2D eigenvalue weighted by Crippen LogP contribution is 2.27. The van der Waals surface area contributed by atoms with Gasteiger partial charge in [0.1, 0.15) is 12.2 Å². The van der Waals surface area contributed by atoms with Crippen molar-refractivity contribution in [2.24, 2.45) is 7.05 Å². The number of rotatable bonds is 2. The minimum Gasteiger partial charge on any atom is -0.340 e. The van der Waals surface area contributed by atoms with Crippen LogP contribution < -0.4 is 4.90 Å². The van der Waals surface area contributed by atoms with E-state index in [4.69, 9.17) is 0 Å². The first-order valence-electron chi connectivity index (χ1n) is 5.70. The zero-order valence-corrected chi connectivity index (χ0v) is 9.69. The lowest BCUT2D eigenvalue weighted by Crippen LogP contribution is -2.22. The molecule has 3 rings (SSSR count). The van der Waals surface area contributed by atoms with E-state index in [1.54, 1.807) is 18.7 Å². The highest BCUT2D eigenvalue weighted by molar-refractivity contribution is 5.32. The standard InChI is InChI=1S/C11H14N6/c1-16-8-14-15-10(16)9-3-6-17(7-9)11-12-4-2-5-13-11/h2,4-5,8-9H,3,6-7H2,1H3/t9-/m0/s1. The maximum atomic E-state index is 4.27. The Bertz CT molecular complexity index is 494. The van der Waals surface area contributed by atoms with Gasteiger partial charge in [0.05, 0.1) is 0 Å². The SMILES string of the molecule is Cn1cnnc1[C@H]1CCN(c2ncccn2)C1. The van der Waals surface area contributed by atoms with Crippen LogP contribution in [0.5, 0.6) is 0 Å². The lowest BCUT2D eigenvalue weighted by molar-refractivity contribution is 0.662. The molecule has 17 heavy (non-hydrogen) atoms. The van der Waals surface area contributed by atoms with Crippen LogP contribution in [-0.4, -0.2) is 37.8 Å². The molecule has 1 aliphatic heterocycles. The van der Waals surface area contributed by atoms with Gasteiger partial charge in [-0.1, -0.05) is 0 Å². The summed E-state index contributed by atoms with van der Waals surface area (Å²) in [6.45, 7) is 1.89. The van der Waals surface area contributed by atoms with Crippen molar-refractivity contribution in [3.05, 3.63) is 30.6 Å². The Balaban J connectivity index is 1.77. The molecule has 6 nitrogen and oxygen atoms in total. The van der Waals surface area contributed by atoms with Gasteiger partial charge in [-0.15, -0.1) is 10.2 Å². The molecule has 1 fully saturated rings. The van der Waals surface area contributed by atoms with Crippen molar-refractivity contribution in [1.29, 1.82) is 0 Å². The normalized spacial score (nSPS) is 19.8. The van der Waals surface area contributed by atoms with Crippen LogP contribution in [0.3, 0.4) is 0 Å². The first-order chi connectivity index (χ1) is 8.34. The molecule has 6 heteroatoms. The lowest BCUT2D eigenvalue weighted by Gasteiger charge is -2.15. The minimum atomic E-state index is 0.423. The van der Waals surface area contributed by atoms with Crippen molar-refractivity contribution in [2.75, 3.05) is 18.0 Å². The van der Waals surface area contributed by atoms with Crippen LogP contribution in [0.15, 0.2) is 24.8 Å². The van der Waals surface area contributed by atoms with Gasteiger partial charge in [0.2, 0.25) is 5.95 Å². The summed E-state index contributed by atoms with van der Waals surface area (Å²) in [4.78, 5) is 10.7. The molecular formula is C11H14N6. The largest absolute Gasteiger partial charge is 0.340 e. The van der Waals surface area contributed by atoms with Crippen LogP contribution in [0.2, 0.25) is 0 Å². The third-order valence-corrected chi connectivity index (χ3v) is 3.13. The topological polar surface area (TPSA) is 59.7 Å². The van der Waals surface area contributed by atoms with Gasteiger partial charge in [0.25, 0.3) is 0 Å². The molecule has 0 radical (unpaired) electrons. The van der Waals surface area contributed by atoms with Crippen molar-refractivity contribution in [1.82, 2.24) is 24.7 Å². The van der Waals surface area contributed by atoms with Gasteiger partial charge < -0.3 is 9.47 Å². The van der Waals surface area contributed by atoms with E-state index < -0.39 is 0 Å². The zero-order valence-electron chi connectivity index (χ0n) is 9.69. The average molecular weight is 230 g/mol. The highest BCUT2D eigenvalue weighted by Gasteiger charge is 2.28. The van der Waals surface area contributed by atoms with Crippen LogP contribution in [0.25, 0.3) is 0 Å². The van der Waals surface area contributed by atoms with E-state index in [1.165, 1.54) is 0 Å². The summed E-state index contributed by atoms with van der Waals surface area (Å²) in [6.07, 6.45) is 6.37. The zero-order chi connectivity index (χ0) is 11.7. The molecule has 0 unspecified atom stereocenters. The second-order valence-corrected chi connectivity index (χ2v) is 4.28. The molecule has 1 aliphatic rings. The Morgan fingerprint density at radius 2 is 2.12 bits per heavy atom. The van der Waals surface area contributed by atoms with Crippen LogP contribution in [0, 0.1) is 0 Å². The van der Waals surface area contributed by atoms with E-state index in [0.29, 0.717) is 5.92 Å². The number of anilines is 1. The third-order valence-electron chi connectivity index (χ3n) is 3.13. The van der Waals surface area contributed by atoms with Crippen LogP contribution in [0.1, 0.15) is 18.2 Å². The van der Waals surface area contributed by atoms with Crippen LogP contribution >= 0.6 is 0 Å². The van der Waals surface area contributed by atoms with Crippen molar-refractivity contribution >= 4 is 5.95 Å². The van der Waals surface area contributed by atoms with E-state index in [1.807, 2.05) is 17.7 Å². The van der Waals surface area contributed by atoms with E-state index in [2.05, 4.69) is 25.1 Å². The molecular weight excluding hydrogens is 216 g/mol. The number of hydrogen-bond acceptors (Lipinski definition) is 5. The van der Waals surface area contributed by atoms with Crippen LogP contribution in [-0.2, 0) is 7.05 Å².